The maximum atomic E-state index is 14.3. The van der Waals surface area contributed by atoms with Crippen molar-refractivity contribution in [2.45, 2.75) is 18.0 Å². The molecule has 2 rings (SSSR count). The summed E-state index contributed by atoms with van der Waals surface area (Å²) in [5.74, 6) is -0.730. The summed E-state index contributed by atoms with van der Waals surface area (Å²) >= 11 is 4.65. The number of rotatable bonds is 6. The number of nitrogens with one attached hydrogen (secondary N) is 2. The van der Waals surface area contributed by atoms with Crippen LogP contribution in [0.1, 0.15) is 10.4 Å². The Kier molecular flexibility index (Phi) is 5.50. The van der Waals surface area contributed by atoms with E-state index in [1.807, 2.05) is 17.5 Å². The van der Waals surface area contributed by atoms with Gasteiger partial charge >= 0.3 is 0 Å². The first-order valence-electron chi connectivity index (χ1n) is 6.08. The van der Waals surface area contributed by atoms with Crippen LogP contribution in [-0.4, -0.2) is 15.5 Å². The Morgan fingerprint density at radius 2 is 2.10 bits per heavy atom. The average molecular weight is 393 g/mol. The lowest BCUT2D eigenvalue weighted by atomic mass is 10.2. The number of halogens is 2. The van der Waals surface area contributed by atoms with E-state index in [0.717, 1.165) is 4.88 Å². The van der Waals surface area contributed by atoms with Gasteiger partial charge in [-0.05, 0) is 30.6 Å². The van der Waals surface area contributed by atoms with Gasteiger partial charge in [0.15, 0.2) is 0 Å². The van der Waals surface area contributed by atoms with Crippen LogP contribution in [0.3, 0.4) is 0 Å². The van der Waals surface area contributed by atoms with E-state index >= 15 is 0 Å². The predicted molar refractivity (Wildman–Crippen MR) is 85.2 cm³/mol. The van der Waals surface area contributed by atoms with Gasteiger partial charge in [-0.25, -0.2) is 17.5 Å². The third kappa shape index (κ3) is 4.10. The SMILES string of the molecule is CNCc1cc(Br)cc(S(=O)(=O)NCc2cccs2)c1F. The summed E-state index contributed by atoms with van der Waals surface area (Å²) in [6, 6.07) is 6.48. The molecule has 1 aromatic carbocycles. The van der Waals surface area contributed by atoms with Crippen molar-refractivity contribution in [3.05, 3.63) is 50.4 Å². The summed E-state index contributed by atoms with van der Waals surface area (Å²) in [4.78, 5) is 0.517. The third-order valence-electron chi connectivity index (χ3n) is 2.75. The summed E-state index contributed by atoms with van der Waals surface area (Å²) < 4.78 is 41.8. The van der Waals surface area contributed by atoms with Crippen LogP contribution in [-0.2, 0) is 23.1 Å². The fourth-order valence-electron chi connectivity index (χ4n) is 1.79. The highest BCUT2D eigenvalue weighted by Crippen LogP contribution is 2.24. The molecule has 1 heterocycles. The van der Waals surface area contributed by atoms with E-state index in [1.165, 1.54) is 17.4 Å². The highest BCUT2D eigenvalue weighted by atomic mass is 79.9. The number of hydrogen-bond donors (Lipinski definition) is 2. The van der Waals surface area contributed by atoms with E-state index in [1.54, 1.807) is 13.1 Å². The fourth-order valence-corrected chi connectivity index (χ4v) is 4.33. The van der Waals surface area contributed by atoms with Crippen LogP contribution >= 0.6 is 27.3 Å². The van der Waals surface area contributed by atoms with Gasteiger partial charge in [0.05, 0.1) is 0 Å². The zero-order valence-corrected chi connectivity index (χ0v) is 14.4. The van der Waals surface area contributed by atoms with Crippen LogP contribution in [0.25, 0.3) is 0 Å². The molecule has 8 heteroatoms. The molecular weight excluding hydrogens is 379 g/mol. The Labute approximate surface area is 135 Å². The van der Waals surface area contributed by atoms with Gasteiger partial charge in [-0.2, -0.15) is 0 Å². The van der Waals surface area contributed by atoms with Crippen molar-refractivity contribution in [2.75, 3.05) is 7.05 Å². The molecule has 2 N–H and O–H groups in total. The van der Waals surface area contributed by atoms with Crippen LogP contribution < -0.4 is 10.0 Å². The molecule has 2 aromatic rings. The zero-order chi connectivity index (χ0) is 15.5. The summed E-state index contributed by atoms with van der Waals surface area (Å²) in [5, 5.41) is 4.67. The molecule has 0 spiro atoms. The van der Waals surface area contributed by atoms with E-state index in [2.05, 4.69) is 26.0 Å². The first kappa shape index (κ1) is 16.6. The number of thiophene rings is 1. The summed E-state index contributed by atoms with van der Waals surface area (Å²) in [5.41, 5.74) is 0.295. The fraction of sp³-hybridized carbons (Fsp3) is 0.231. The largest absolute Gasteiger partial charge is 0.316 e. The van der Waals surface area contributed by atoms with Gasteiger partial charge in [-0.15, -0.1) is 11.3 Å². The van der Waals surface area contributed by atoms with Gasteiger partial charge in [0.2, 0.25) is 10.0 Å². The lowest BCUT2D eigenvalue weighted by Crippen LogP contribution is -2.24. The molecule has 0 aliphatic heterocycles. The van der Waals surface area contributed by atoms with E-state index in [9.17, 15) is 12.8 Å². The highest BCUT2D eigenvalue weighted by Gasteiger charge is 2.22. The zero-order valence-electron chi connectivity index (χ0n) is 11.2. The topological polar surface area (TPSA) is 58.2 Å². The molecule has 114 valence electrons. The maximum absolute atomic E-state index is 14.3. The van der Waals surface area contributed by atoms with E-state index < -0.39 is 15.8 Å². The number of hydrogen-bond acceptors (Lipinski definition) is 4. The lowest BCUT2D eigenvalue weighted by molar-refractivity contribution is 0.545. The van der Waals surface area contributed by atoms with Crippen molar-refractivity contribution >= 4 is 37.3 Å². The van der Waals surface area contributed by atoms with Crippen LogP contribution in [0.15, 0.2) is 39.0 Å². The van der Waals surface area contributed by atoms with Crippen molar-refractivity contribution in [3.8, 4) is 0 Å². The monoisotopic (exact) mass is 392 g/mol. The minimum absolute atomic E-state index is 0.146. The third-order valence-corrected chi connectivity index (χ3v) is 5.49. The van der Waals surface area contributed by atoms with E-state index in [4.69, 9.17) is 0 Å². The van der Waals surface area contributed by atoms with Gasteiger partial charge in [0, 0.05) is 28.0 Å². The molecule has 0 aliphatic carbocycles. The van der Waals surface area contributed by atoms with Crippen LogP contribution in [0, 0.1) is 5.82 Å². The van der Waals surface area contributed by atoms with Gasteiger partial charge in [-0.1, -0.05) is 22.0 Å². The maximum Gasteiger partial charge on any atom is 0.243 e. The van der Waals surface area contributed by atoms with Crippen LogP contribution in [0.4, 0.5) is 4.39 Å². The molecule has 0 amide bonds. The molecule has 0 aliphatic rings. The Hall–Kier alpha value is -0.800. The Morgan fingerprint density at radius 3 is 2.71 bits per heavy atom. The van der Waals surface area contributed by atoms with E-state index in [0.29, 0.717) is 10.0 Å². The normalized spacial score (nSPS) is 11.8. The van der Waals surface area contributed by atoms with Crippen molar-refractivity contribution in [1.82, 2.24) is 10.0 Å². The summed E-state index contributed by atoms with van der Waals surface area (Å²) in [6.45, 7) is 0.395. The van der Waals surface area contributed by atoms with Crippen molar-refractivity contribution in [2.24, 2.45) is 0 Å². The number of benzene rings is 1. The number of sulfonamides is 1. The van der Waals surface area contributed by atoms with Crippen LogP contribution in [0.5, 0.6) is 0 Å². The second-order valence-corrected chi connectivity index (χ2v) is 7.99. The second-order valence-electron chi connectivity index (χ2n) is 4.31. The first-order chi connectivity index (χ1) is 9.94. The molecule has 0 atom stereocenters. The molecule has 0 unspecified atom stereocenters. The van der Waals surface area contributed by atoms with Crippen molar-refractivity contribution in [3.63, 3.8) is 0 Å². The molecule has 0 bridgehead atoms. The first-order valence-corrected chi connectivity index (χ1v) is 9.24. The van der Waals surface area contributed by atoms with Gasteiger partial charge in [0.1, 0.15) is 10.7 Å². The smallest absolute Gasteiger partial charge is 0.243 e. The summed E-state index contributed by atoms with van der Waals surface area (Å²) in [7, 11) is -2.24. The second kappa shape index (κ2) is 6.97. The molecule has 1 aromatic heterocycles. The van der Waals surface area contributed by atoms with Crippen LogP contribution in [0.2, 0.25) is 0 Å². The Morgan fingerprint density at radius 1 is 1.33 bits per heavy atom. The van der Waals surface area contributed by atoms with Crippen molar-refractivity contribution in [1.29, 1.82) is 0 Å². The minimum Gasteiger partial charge on any atom is -0.316 e. The standard InChI is InChI=1S/C13H14BrFN2O2S2/c1-16-7-9-5-10(14)6-12(13(9)15)21(18,19)17-8-11-3-2-4-20-11/h2-6,16-17H,7-8H2,1H3. The molecule has 21 heavy (non-hydrogen) atoms. The minimum atomic E-state index is -3.91. The average Bonchev–Trinajstić information content (AvgIpc) is 2.94. The lowest BCUT2D eigenvalue weighted by Gasteiger charge is -2.11. The molecule has 0 fully saturated rings. The summed E-state index contributed by atoms with van der Waals surface area (Å²) in [6.07, 6.45) is 0. The predicted octanol–water partition coefficient (Wildman–Crippen LogP) is 2.85. The molecular formula is C13H14BrFN2O2S2. The molecule has 0 saturated heterocycles. The highest BCUT2D eigenvalue weighted by molar-refractivity contribution is 9.10. The quantitative estimate of drug-likeness (QED) is 0.794. The Balaban J connectivity index is 2.30. The molecule has 0 radical (unpaired) electrons. The molecule has 4 nitrogen and oxygen atoms in total. The van der Waals surface area contributed by atoms with Crippen molar-refractivity contribution < 1.29 is 12.8 Å². The van der Waals surface area contributed by atoms with E-state index in [-0.39, 0.29) is 18.0 Å². The Bertz CT molecular complexity index is 718. The van der Waals surface area contributed by atoms with Gasteiger partial charge < -0.3 is 5.32 Å². The van der Waals surface area contributed by atoms with Gasteiger partial charge in [-0.3, -0.25) is 0 Å². The molecule has 0 saturated carbocycles. The van der Waals surface area contributed by atoms with Gasteiger partial charge in [0.25, 0.3) is 0 Å².